The number of thioether (sulfide) groups is 1. The zero-order valence-electron chi connectivity index (χ0n) is 8.36. The summed E-state index contributed by atoms with van der Waals surface area (Å²) in [4.78, 5) is 13.8. The van der Waals surface area contributed by atoms with E-state index < -0.39 is 0 Å². The van der Waals surface area contributed by atoms with Crippen molar-refractivity contribution in [1.82, 2.24) is 10.2 Å². The fourth-order valence-corrected chi connectivity index (χ4v) is 2.99. The lowest BCUT2D eigenvalue weighted by Crippen LogP contribution is -2.58. The van der Waals surface area contributed by atoms with Crippen molar-refractivity contribution in [3.05, 3.63) is 0 Å². The van der Waals surface area contributed by atoms with E-state index in [0.29, 0.717) is 11.9 Å². The maximum absolute atomic E-state index is 11.9. The highest BCUT2D eigenvalue weighted by Crippen LogP contribution is 2.28. The first-order valence-corrected chi connectivity index (χ1v) is 5.93. The van der Waals surface area contributed by atoms with E-state index in [0.717, 1.165) is 25.3 Å². The molecule has 0 aliphatic carbocycles. The summed E-state index contributed by atoms with van der Waals surface area (Å²) >= 11 is 1.82. The predicted octanol–water partition coefficient (Wildman–Crippen LogP) is 0.734. The Morgan fingerprint density at radius 2 is 2.21 bits per heavy atom. The molecule has 2 fully saturated rings. The number of hydrogen-bond acceptors (Lipinski definition) is 3. The van der Waals surface area contributed by atoms with Gasteiger partial charge >= 0.3 is 0 Å². The molecule has 1 N–H and O–H groups in total. The first kappa shape index (κ1) is 12.1. The van der Waals surface area contributed by atoms with Gasteiger partial charge in [0.05, 0.1) is 11.3 Å². The van der Waals surface area contributed by atoms with Crippen molar-refractivity contribution >= 4 is 30.1 Å². The summed E-state index contributed by atoms with van der Waals surface area (Å²) in [6.45, 7) is 1.94. The van der Waals surface area contributed by atoms with Crippen LogP contribution in [0, 0.1) is 0 Å². The average molecular weight is 237 g/mol. The van der Waals surface area contributed by atoms with E-state index in [-0.39, 0.29) is 17.7 Å². The summed E-state index contributed by atoms with van der Waals surface area (Å²) < 4.78 is 0. The normalized spacial score (nSPS) is 26.5. The second kappa shape index (κ2) is 5.24. The molecule has 0 aromatic rings. The average Bonchev–Trinajstić information content (AvgIpc) is 2.51. The Morgan fingerprint density at radius 3 is 2.64 bits per heavy atom. The Labute approximate surface area is 95.4 Å². The molecule has 2 heterocycles. The van der Waals surface area contributed by atoms with E-state index in [1.807, 2.05) is 23.7 Å². The fraction of sp³-hybridized carbons (Fsp3) is 0.889. The zero-order chi connectivity index (χ0) is 9.26. The zero-order valence-corrected chi connectivity index (χ0v) is 10.00. The first-order valence-electron chi connectivity index (χ1n) is 4.88. The van der Waals surface area contributed by atoms with E-state index in [9.17, 15) is 4.79 Å². The van der Waals surface area contributed by atoms with Crippen molar-refractivity contribution < 1.29 is 4.79 Å². The van der Waals surface area contributed by atoms with E-state index in [1.54, 1.807) is 0 Å². The Morgan fingerprint density at radius 1 is 1.50 bits per heavy atom. The van der Waals surface area contributed by atoms with Crippen LogP contribution in [-0.2, 0) is 4.79 Å². The molecule has 2 saturated heterocycles. The standard InChI is InChI=1S/C9H16N2OS.ClH/c1-11(7-5-10-6-7)9(12)8-3-2-4-13-8;/h7-8,10H,2-6H2,1H3;1H. The molecule has 1 atom stereocenters. The largest absolute Gasteiger partial charge is 0.339 e. The van der Waals surface area contributed by atoms with Crippen LogP contribution >= 0.6 is 24.2 Å². The summed E-state index contributed by atoms with van der Waals surface area (Å²) in [7, 11) is 1.94. The molecule has 1 amide bonds. The minimum atomic E-state index is 0. The van der Waals surface area contributed by atoms with Gasteiger partial charge in [0.2, 0.25) is 5.91 Å². The van der Waals surface area contributed by atoms with Crippen molar-refractivity contribution in [1.29, 1.82) is 0 Å². The van der Waals surface area contributed by atoms with Crippen LogP contribution in [0.2, 0.25) is 0 Å². The third-order valence-corrected chi connectivity index (χ3v) is 4.22. The third-order valence-electron chi connectivity index (χ3n) is 2.86. The number of nitrogens with one attached hydrogen (secondary N) is 1. The predicted molar refractivity (Wildman–Crippen MR) is 62.2 cm³/mol. The van der Waals surface area contributed by atoms with E-state index >= 15 is 0 Å². The first-order chi connectivity index (χ1) is 6.29. The molecular weight excluding hydrogens is 220 g/mol. The van der Waals surface area contributed by atoms with Crippen molar-refractivity contribution in [3.8, 4) is 0 Å². The minimum absolute atomic E-state index is 0. The van der Waals surface area contributed by atoms with Gasteiger partial charge in [-0.1, -0.05) is 0 Å². The monoisotopic (exact) mass is 236 g/mol. The lowest BCUT2D eigenvalue weighted by Gasteiger charge is -2.36. The highest BCUT2D eigenvalue weighted by Gasteiger charge is 2.31. The van der Waals surface area contributed by atoms with Gasteiger partial charge in [0.1, 0.15) is 0 Å². The van der Waals surface area contributed by atoms with E-state index in [2.05, 4.69) is 5.32 Å². The molecule has 2 aliphatic rings. The van der Waals surface area contributed by atoms with Crippen LogP contribution in [0.1, 0.15) is 12.8 Å². The number of nitrogens with zero attached hydrogens (tertiary/aromatic N) is 1. The fourth-order valence-electron chi connectivity index (χ4n) is 1.73. The molecular formula is C9H17ClN2OS. The van der Waals surface area contributed by atoms with Gasteiger partial charge in [-0.3, -0.25) is 4.79 Å². The highest BCUT2D eigenvalue weighted by molar-refractivity contribution is 8.00. The second-order valence-corrected chi connectivity index (χ2v) is 5.07. The van der Waals surface area contributed by atoms with Crippen molar-refractivity contribution in [2.45, 2.75) is 24.1 Å². The number of likely N-dealkylation sites (N-methyl/N-ethyl adjacent to an activating group) is 1. The summed E-state index contributed by atoms with van der Waals surface area (Å²) in [5.41, 5.74) is 0. The van der Waals surface area contributed by atoms with Crippen LogP contribution in [-0.4, -0.2) is 48.0 Å². The van der Waals surface area contributed by atoms with Crippen LogP contribution in [0.15, 0.2) is 0 Å². The molecule has 3 nitrogen and oxygen atoms in total. The van der Waals surface area contributed by atoms with Crippen molar-refractivity contribution in [2.24, 2.45) is 0 Å². The van der Waals surface area contributed by atoms with E-state index in [4.69, 9.17) is 0 Å². The number of carbonyl (C=O) groups excluding carboxylic acids is 1. The molecule has 2 rings (SSSR count). The second-order valence-electron chi connectivity index (χ2n) is 3.76. The van der Waals surface area contributed by atoms with Crippen molar-refractivity contribution in [3.63, 3.8) is 0 Å². The van der Waals surface area contributed by atoms with E-state index in [1.165, 1.54) is 6.42 Å². The molecule has 2 aliphatic heterocycles. The SMILES string of the molecule is CN(C(=O)C1CCCS1)C1CNC1.Cl. The maximum atomic E-state index is 11.9. The Hall–Kier alpha value is 0.0700. The molecule has 1 unspecified atom stereocenters. The molecule has 0 spiro atoms. The quantitative estimate of drug-likeness (QED) is 0.768. The number of halogens is 1. The van der Waals surface area contributed by atoms with Gasteiger partial charge in [0, 0.05) is 20.1 Å². The van der Waals surface area contributed by atoms with Crippen LogP contribution in [0.3, 0.4) is 0 Å². The van der Waals surface area contributed by atoms with Crippen LogP contribution in [0.25, 0.3) is 0 Å². The summed E-state index contributed by atoms with van der Waals surface area (Å²) in [6.07, 6.45) is 2.28. The summed E-state index contributed by atoms with van der Waals surface area (Å²) in [5.74, 6) is 1.50. The molecule has 0 aromatic carbocycles. The number of rotatable bonds is 2. The van der Waals surface area contributed by atoms with Gasteiger partial charge in [0.25, 0.3) is 0 Å². The summed E-state index contributed by atoms with van der Waals surface area (Å²) in [5, 5.41) is 3.44. The lowest BCUT2D eigenvalue weighted by atomic mass is 10.1. The smallest absolute Gasteiger partial charge is 0.235 e. The maximum Gasteiger partial charge on any atom is 0.235 e. The summed E-state index contributed by atoms with van der Waals surface area (Å²) in [6, 6.07) is 0.452. The van der Waals surface area contributed by atoms with Gasteiger partial charge in [-0.05, 0) is 18.6 Å². The molecule has 0 radical (unpaired) electrons. The van der Waals surface area contributed by atoms with Crippen LogP contribution in [0.5, 0.6) is 0 Å². The number of carbonyl (C=O) groups is 1. The molecule has 0 aromatic heterocycles. The topological polar surface area (TPSA) is 32.3 Å². The van der Waals surface area contributed by atoms with Gasteiger partial charge < -0.3 is 10.2 Å². The van der Waals surface area contributed by atoms with Crippen molar-refractivity contribution in [2.75, 3.05) is 25.9 Å². The lowest BCUT2D eigenvalue weighted by molar-refractivity contribution is -0.132. The molecule has 0 bridgehead atoms. The number of amides is 1. The minimum Gasteiger partial charge on any atom is -0.339 e. The molecule has 0 saturated carbocycles. The van der Waals surface area contributed by atoms with Crippen LogP contribution in [0.4, 0.5) is 0 Å². The molecule has 82 valence electrons. The highest BCUT2D eigenvalue weighted by atomic mass is 35.5. The Balaban J connectivity index is 0.000000980. The molecule has 14 heavy (non-hydrogen) atoms. The van der Waals surface area contributed by atoms with Gasteiger partial charge in [-0.2, -0.15) is 0 Å². The number of hydrogen-bond donors (Lipinski definition) is 1. The molecule has 5 heteroatoms. The van der Waals surface area contributed by atoms with Gasteiger partial charge in [0.15, 0.2) is 0 Å². The van der Waals surface area contributed by atoms with Crippen LogP contribution < -0.4 is 5.32 Å². The van der Waals surface area contributed by atoms with Gasteiger partial charge in [-0.15, -0.1) is 24.2 Å². The van der Waals surface area contributed by atoms with Gasteiger partial charge in [-0.25, -0.2) is 0 Å². The Bertz CT molecular complexity index is 205. The third kappa shape index (κ3) is 2.35. The Kier molecular flexibility index (Phi) is 4.54.